The molecule has 2 aliphatic heterocycles. The quantitative estimate of drug-likeness (QED) is 0.760. The number of hydrogen-bond acceptors (Lipinski definition) is 4. The first-order valence-corrected chi connectivity index (χ1v) is 9.80. The average molecular weight is 462 g/mol. The number of para-hydroxylation sites is 1. The zero-order valence-corrected chi connectivity index (χ0v) is 16.8. The van der Waals surface area contributed by atoms with Crippen molar-refractivity contribution in [3.63, 3.8) is 0 Å². The van der Waals surface area contributed by atoms with Crippen LogP contribution in [0.3, 0.4) is 0 Å². The van der Waals surface area contributed by atoms with E-state index >= 15 is 0 Å². The van der Waals surface area contributed by atoms with E-state index in [0.29, 0.717) is 11.3 Å². The van der Waals surface area contributed by atoms with Crippen LogP contribution in [0.5, 0.6) is 5.75 Å². The van der Waals surface area contributed by atoms with E-state index in [2.05, 4.69) is 21.2 Å². The fourth-order valence-corrected chi connectivity index (χ4v) is 3.80. The highest BCUT2D eigenvalue weighted by atomic mass is 79.9. The van der Waals surface area contributed by atoms with Crippen LogP contribution in [0.2, 0.25) is 0 Å². The molecule has 0 spiro atoms. The Morgan fingerprint density at radius 2 is 2.00 bits per heavy atom. The largest absolute Gasteiger partial charge is 0.481 e. The molecule has 0 bridgehead atoms. The highest BCUT2D eigenvalue weighted by Crippen LogP contribution is 2.28. The maximum absolute atomic E-state index is 13.7. The van der Waals surface area contributed by atoms with Crippen molar-refractivity contribution < 1.29 is 23.5 Å². The van der Waals surface area contributed by atoms with Crippen molar-refractivity contribution in [2.24, 2.45) is 0 Å². The molecule has 2 aromatic rings. The zero-order chi connectivity index (χ0) is 20.5. The van der Waals surface area contributed by atoms with E-state index in [1.165, 1.54) is 28.0 Å². The van der Waals surface area contributed by atoms with Crippen LogP contribution in [0.15, 0.2) is 46.9 Å². The Labute approximate surface area is 174 Å². The molecule has 29 heavy (non-hydrogen) atoms. The maximum Gasteiger partial charge on any atom is 0.260 e. The minimum Gasteiger partial charge on any atom is -0.481 e. The first-order valence-electron chi connectivity index (χ1n) is 9.00. The Morgan fingerprint density at radius 1 is 1.21 bits per heavy atom. The fourth-order valence-electron chi connectivity index (χ4n) is 3.44. The molecule has 2 aliphatic rings. The Morgan fingerprint density at radius 3 is 2.79 bits per heavy atom. The Kier molecular flexibility index (Phi) is 5.23. The summed E-state index contributed by atoms with van der Waals surface area (Å²) in [4.78, 5) is 41.1. The Hall–Kier alpha value is -2.94. The van der Waals surface area contributed by atoms with Crippen molar-refractivity contribution in [2.45, 2.75) is 6.04 Å². The van der Waals surface area contributed by atoms with Crippen LogP contribution < -0.4 is 10.1 Å². The zero-order valence-electron chi connectivity index (χ0n) is 15.2. The maximum atomic E-state index is 13.7. The van der Waals surface area contributed by atoms with Gasteiger partial charge in [-0.2, -0.15) is 0 Å². The molecule has 1 fully saturated rings. The normalized spacial score (nSPS) is 18.5. The fraction of sp³-hybridized carbons (Fsp3) is 0.250. The molecular formula is C20H17BrFN3O4. The topological polar surface area (TPSA) is 79.0 Å². The van der Waals surface area contributed by atoms with Gasteiger partial charge in [0.05, 0.1) is 17.8 Å². The van der Waals surface area contributed by atoms with Crippen molar-refractivity contribution in [3.8, 4) is 5.75 Å². The van der Waals surface area contributed by atoms with E-state index in [9.17, 15) is 18.8 Å². The predicted octanol–water partition coefficient (Wildman–Crippen LogP) is 2.27. The highest BCUT2D eigenvalue weighted by Gasteiger charge is 2.40. The lowest BCUT2D eigenvalue weighted by Gasteiger charge is -2.39. The van der Waals surface area contributed by atoms with Crippen LogP contribution in [-0.4, -0.2) is 59.8 Å². The van der Waals surface area contributed by atoms with Gasteiger partial charge < -0.3 is 19.9 Å². The minimum atomic E-state index is -0.806. The second kappa shape index (κ2) is 7.82. The van der Waals surface area contributed by atoms with E-state index in [1.807, 2.05) is 0 Å². The number of nitrogens with one attached hydrogen (secondary N) is 1. The van der Waals surface area contributed by atoms with Crippen molar-refractivity contribution in [2.75, 3.05) is 31.6 Å². The molecule has 1 N–H and O–H groups in total. The summed E-state index contributed by atoms with van der Waals surface area (Å²) in [5.74, 6) is -1.56. The number of piperazine rings is 1. The first kappa shape index (κ1) is 19.4. The minimum absolute atomic E-state index is 0.0112. The van der Waals surface area contributed by atoms with Gasteiger partial charge in [-0.3, -0.25) is 14.4 Å². The number of ether oxygens (including phenoxy) is 1. The lowest BCUT2D eigenvalue weighted by atomic mass is 10.1. The standard InChI is InChI=1S/C20H17BrFN3O4/c21-12-5-6-15-13(9-12)20(28)25-8-7-24(10-16(25)19(27)23-15)18(26)11-29-17-4-2-1-3-14(17)22/h1-6,9,16H,7-8,10-11H2,(H,23,27). The number of halogens is 2. The van der Waals surface area contributed by atoms with Gasteiger partial charge in [0.2, 0.25) is 5.91 Å². The Bertz CT molecular complexity index is 999. The lowest BCUT2D eigenvalue weighted by Crippen LogP contribution is -2.60. The second-order valence-electron chi connectivity index (χ2n) is 6.75. The van der Waals surface area contributed by atoms with Gasteiger partial charge in [-0.25, -0.2) is 4.39 Å². The summed E-state index contributed by atoms with van der Waals surface area (Å²) in [5, 5.41) is 2.76. The molecule has 3 amide bonds. The SMILES string of the molecule is O=C1Nc2ccc(Br)cc2C(=O)N2CCN(C(=O)COc3ccccc3F)CC12. The smallest absolute Gasteiger partial charge is 0.260 e. The molecule has 2 aromatic carbocycles. The van der Waals surface area contributed by atoms with Crippen molar-refractivity contribution in [3.05, 3.63) is 58.3 Å². The molecule has 4 rings (SSSR count). The van der Waals surface area contributed by atoms with Crippen LogP contribution >= 0.6 is 15.9 Å². The van der Waals surface area contributed by atoms with Crippen LogP contribution in [-0.2, 0) is 9.59 Å². The number of amides is 3. The third kappa shape index (κ3) is 3.82. The van der Waals surface area contributed by atoms with E-state index in [-0.39, 0.29) is 49.7 Å². The molecule has 1 unspecified atom stereocenters. The van der Waals surface area contributed by atoms with E-state index < -0.39 is 11.9 Å². The van der Waals surface area contributed by atoms with Gasteiger partial charge in [0.1, 0.15) is 6.04 Å². The van der Waals surface area contributed by atoms with Gasteiger partial charge >= 0.3 is 0 Å². The van der Waals surface area contributed by atoms with Gasteiger partial charge in [0, 0.05) is 17.6 Å². The number of carbonyl (C=O) groups excluding carboxylic acids is 3. The predicted molar refractivity (Wildman–Crippen MR) is 106 cm³/mol. The van der Waals surface area contributed by atoms with Crippen LogP contribution in [0.4, 0.5) is 10.1 Å². The molecule has 0 aromatic heterocycles. The highest BCUT2D eigenvalue weighted by molar-refractivity contribution is 9.10. The summed E-state index contributed by atoms with van der Waals surface area (Å²) in [7, 11) is 0. The second-order valence-corrected chi connectivity index (χ2v) is 7.67. The third-order valence-corrected chi connectivity index (χ3v) is 5.45. The first-order chi connectivity index (χ1) is 13.9. The lowest BCUT2D eigenvalue weighted by molar-refractivity contribution is -0.137. The number of hydrogen-bond donors (Lipinski definition) is 1. The van der Waals surface area contributed by atoms with Crippen LogP contribution in [0, 0.1) is 5.82 Å². The van der Waals surface area contributed by atoms with Gasteiger partial charge in [-0.1, -0.05) is 28.1 Å². The van der Waals surface area contributed by atoms with E-state index in [4.69, 9.17) is 4.74 Å². The van der Waals surface area contributed by atoms with E-state index in [0.717, 1.165) is 4.47 Å². The molecular weight excluding hydrogens is 445 g/mol. The summed E-state index contributed by atoms with van der Waals surface area (Å²) in [6.07, 6.45) is 0. The monoisotopic (exact) mass is 461 g/mol. The van der Waals surface area contributed by atoms with Crippen LogP contribution in [0.1, 0.15) is 10.4 Å². The summed E-state index contributed by atoms with van der Waals surface area (Å²) < 4.78 is 19.7. The summed E-state index contributed by atoms with van der Waals surface area (Å²) in [6, 6.07) is 10.1. The molecule has 0 radical (unpaired) electrons. The molecule has 0 aliphatic carbocycles. The Balaban J connectivity index is 1.47. The summed E-state index contributed by atoms with van der Waals surface area (Å²) in [5.41, 5.74) is 0.844. The number of benzene rings is 2. The number of rotatable bonds is 3. The average Bonchev–Trinajstić information content (AvgIpc) is 2.82. The molecule has 9 heteroatoms. The van der Waals surface area contributed by atoms with Gasteiger partial charge in [-0.05, 0) is 30.3 Å². The van der Waals surface area contributed by atoms with Crippen molar-refractivity contribution in [1.82, 2.24) is 9.80 Å². The number of carbonyl (C=O) groups is 3. The van der Waals surface area contributed by atoms with Gasteiger partial charge in [0.25, 0.3) is 11.8 Å². The number of anilines is 1. The summed E-state index contributed by atoms with van der Waals surface area (Å²) >= 11 is 3.34. The number of nitrogens with zero attached hydrogens (tertiary/aromatic N) is 2. The van der Waals surface area contributed by atoms with Gasteiger partial charge in [-0.15, -0.1) is 0 Å². The van der Waals surface area contributed by atoms with E-state index in [1.54, 1.807) is 24.3 Å². The summed E-state index contributed by atoms with van der Waals surface area (Å²) in [6.45, 7) is 0.176. The molecule has 7 nitrogen and oxygen atoms in total. The number of fused-ring (bicyclic) bond motifs is 2. The van der Waals surface area contributed by atoms with Gasteiger partial charge in [0.15, 0.2) is 18.2 Å². The molecule has 2 heterocycles. The third-order valence-electron chi connectivity index (χ3n) is 4.95. The van der Waals surface area contributed by atoms with Crippen molar-refractivity contribution in [1.29, 1.82) is 0 Å². The molecule has 150 valence electrons. The molecule has 0 saturated carbocycles. The molecule has 1 saturated heterocycles. The molecule has 1 atom stereocenters. The van der Waals surface area contributed by atoms with Crippen molar-refractivity contribution >= 4 is 39.3 Å². The van der Waals surface area contributed by atoms with Crippen LogP contribution in [0.25, 0.3) is 0 Å².